The first-order chi connectivity index (χ1) is 15.3. The zero-order chi connectivity index (χ0) is 22.9. The second-order valence-corrected chi connectivity index (χ2v) is 9.55. The van der Waals surface area contributed by atoms with Crippen molar-refractivity contribution in [3.05, 3.63) is 59.7 Å². The van der Waals surface area contributed by atoms with E-state index in [0.717, 1.165) is 28.8 Å². The Hall–Kier alpha value is -3.30. The van der Waals surface area contributed by atoms with Gasteiger partial charge in [0.15, 0.2) is 0 Å². The lowest BCUT2D eigenvalue weighted by molar-refractivity contribution is -0.881. The highest BCUT2D eigenvalue weighted by Gasteiger charge is 2.53. The number of benzene rings is 2. The molecular weight excluding hydrogens is 404 g/mol. The number of ether oxygens (including phenoxy) is 1. The van der Waals surface area contributed by atoms with Crippen LogP contribution in [-0.2, 0) is 9.53 Å². The molecule has 2 atom stereocenters. The second-order valence-electron chi connectivity index (χ2n) is 9.55. The fourth-order valence-electron chi connectivity index (χ4n) is 5.46. The molecule has 4 rings (SSSR count). The third kappa shape index (κ3) is 3.96. The van der Waals surface area contributed by atoms with Gasteiger partial charge in [-0.15, -0.1) is 12.3 Å². The van der Waals surface area contributed by atoms with Gasteiger partial charge < -0.3 is 19.6 Å². The number of amides is 1. The summed E-state index contributed by atoms with van der Waals surface area (Å²) in [6, 6.07) is 15.1. The molecule has 0 aromatic heterocycles. The van der Waals surface area contributed by atoms with E-state index >= 15 is 0 Å². The highest BCUT2D eigenvalue weighted by molar-refractivity contribution is 5.82. The Balaban J connectivity index is 1.50. The van der Waals surface area contributed by atoms with E-state index in [1.165, 1.54) is 0 Å². The van der Waals surface area contributed by atoms with Crippen molar-refractivity contribution in [1.29, 1.82) is 0 Å². The largest absolute Gasteiger partial charge is 0.480 e. The number of nitrogens with zero attached hydrogens (tertiary/aromatic N) is 1. The number of carboxylic acid groups (broad SMARTS) is 1. The van der Waals surface area contributed by atoms with Gasteiger partial charge in [-0.25, -0.2) is 9.59 Å². The lowest BCUT2D eigenvalue weighted by atomic mass is 9.76. The van der Waals surface area contributed by atoms with Crippen molar-refractivity contribution in [3.63, 3.8) is 0 Å². The van der Waals surface area contributed by atoms with Crippen molar-refractivity contribution in [1.82, 2.24) is 5.32 Å². The Bertz CT molecular complexity index is 1040. The van der Waals surface area contributed by atoms with Crippen molar-refractivity contribution in [2.24, 2.45) is 5.41 Å². The predicted molar refractivity (Wildman–Crippen MR) is 122 cm³/mol. The average Bonchev–Trinajstić information content (AvgIpc) is 3.25. The van der Waals surface area contributed by atoms with Gasteiger partial charge in [-0.1, -0.05) is 48.5 Å². The third-order valence-electron chi connectivity index (χ3n) is 6.88. The molecule has 6 heteroatoms. The SMILES string of the molecule is C#CC[C@@]1([C@@H](NC(=O)OCC2c3ccccc3-c3ccccc32)C(=O)O)CC[N+](C)(C)C1. The first-order valence-corrected chi connectivity index (χ1v) is 10.9. The second kappa shape index (κ2) is 8.33. The molecular formula is C26H29N2O4+. The molecule has 32 heavy (non-hydrogen) atoms. The molecule has 6 nitrogen and oxygen atoms in total. The molecule has 1 heterocycles. The van der Waals surface area contributed by atoms with Gasteiger partial charge in [0.1, 0.15) is 12.6 Å². The maximum atomic E-state index is 12.7. The summed E-state index contributed by atoms with van der Waals surface area (Å²) < 4.78 is 6.25. The number of carbonyl (C=O) groups is 2. The minimum Gasteiger partial charge on any atom is -0.480 e. The van der Waals surface area contributed by atoms with E-state index in [1.54, 1.807) is 0 Å². The number of carboxylic acids is 1. The number of terminal acetylenes is 1. The van der Waals surface area contributed by atoms with Gasteiger partial charge in [0.25, 0.3) is 0 Å². The van der Waals surface area contributed by atoms with Gasteiger partial charge in [-0.3, -0.25) is 0 Å². The summed E-state index contributed by atoms with van der Waals surface area (Å²) in [5.74, 6) is 1.46. The fourth-order valence-corrected chi connectivity index (χ4v) is 5.46. The Morgan fingerprint density at radius 2 is 1.78 bits per heavy atom. The molecule has 1 saturated heterocycles. The summed E-state index contributed by atoms with van der Waals surface area (Å²) in [6.45, 7) is 1.52. The maximum Gasteiger partial charge on any atom is 0.407 e. The molecule has 2 aliphatic rings. The van der Waals surface area contributed by atoms with E-state index in [-0.39, 0.29) is 18.9 Å². The van der Waals surface area contributed by atoms with Crippen LogP contribution in [0, 0.1) is 17.8 Å². The van der Waals surface area contributed by atoms with E-state index in [4.69, 9.17) is 11.2 Å². The molecule has 0 unspecified atom stereocenters. The molecule has 2 N–H and O–H groups in total. The van der Waals surface area contributed by atoms with Crippen LogP contribution in [0.1, 0.15) is 29.9 Å². The van der Waals surface area contributed by atoms with Crippen LogP contribution in [0.2, 0.25) is 0 Å². The quantitative estimate of drug-likeness (QED) is 0.540. The monoisotopic (exact) mass is 433 g/mol. The summed E-state index contributed by atoms with van der Waals surface area (Å²) in [7, 11) is 4.09. The van der Waals surface area contributed by atoms with Crippen LogP contribution in [0.4, 0.5) is 4.79 Å². The highest BCUT2D eigenvalue weighted by atomic mass is 16.5. The highest BCUT2D eigenvalue weighted by Crippen LogP contribution is 2.44. The number of rotatable bonds is 6. The Labute approximate surface area is 188 Å². The Morgan fingerprint density at radius 3 is 2.28 bits per heavy atom. The van der Waals surface area contributed by atoms with Crippen LogP contribution in [-0.4, -0.2) is 61.5 Å². The van der Waals surface area contributed by atoms with E-state index in [2.05, 4.69) is 23.4 Å². The van der Waals surface area contributed by atoms with Crippen LogP contribution in [0.5, 0.6) is 0 Å². The summed E-state index contributed by atoms with van der Waals surface area (Å²) in [5.41, 5.74) is 3.79. The molecule has 0 bridgehead atoms. The molecule has 1 fully saturated rings. The van der Waals surface area contributed by atoms with Crippen LogP contribution >= 0.6 is 0 Å². The molecule has 0 spiro atoms. The molecule has 1 amide bonds. The molecule has 1 aliphatic carbocycles. The summed E-state index contributed by atoms with van der Waals surface area (Å²) >= 11 is 0. The Morgan fingerprint density at radius 1 is 1.19 bits per heavy atom. The number of fused-ring (bicyclic) bond motifs is 3. The summed E-state index contributed by atoms with van der Waals surface area (Å²) in [5, 5.41) is 12.6. The van der Waals surface area contributed by atoms with Crippen LogP contribution in [0.25, 0.3) is 11.1 Å². The average molecular weight is 434 g/mol. The summed E-state index contributed by atoms with van der Waals surface area (Å²) in [4.78, 5) is 24.9. The topological polar surface area (TPSA) is 75.6 Å². The molecule has 0 saturated carbocycles. The number of hydrogen-bond donors (Lipinski definition) is 2. The van der Waals surface area contributed by atoms with Gasteiger partial charge in [0.05, 0.1) is 32.6 Å². The fraction of sp³-hybridized carbons (Fsp3) is 0.385. The van der Waals surface area contributed by atoms with Crippen molar-refractivity contribution in [3.8, 4) is 23.5 Å². The predicted octanol–water partition coefficient (Wildman–Crippen LogP) is 3.47. The van der Waals surface area contributed by atoms with Crippen LogP contribution < -0.4 is 5.32 Å². The standard InChI is InChI=1S/C26H28N2O4/c1-4-13-26(14-15-28(2,3)17-26)23(24(29)30)27-25(31)32-16-22-20-11-7-5-9-18(20)19-10-6-8-12-21(19)22/h1,5-12,22-23H,13-17H2,2-3H3,(H-,27,29,30,31)/p+1/t23-,26+/m0/s1. The number of nitrogens with one attached hydrogen (secondary N) is 1. The van der Waals surface area contributed by atoms with Gasteiger partial charge >= 0.3 is 12.1 Å². The smallest absolute Gasteiger partial charge is 0.407 e. The van der Waals surface area contributed by atoms with E-state index < -0.39 is 23.5 Å². The van der Waals surface area contributed by atoms with Crippen molar-refractivity contribution >= 4 is 12.1 Å². The van der Waals surface area contributed by atoms with Crippen LogP contribution in [0.15, 0.2) is 48.5 Å². The number of hydrogen-bond acceptors (Lipinski definition) is 3. The van der Waals surface area contributed by atoms with Crippen LogP contribution in [0.3, 0.4) is 0 Å². The minimum atomic E-state index is -1.10. The van der Waals surface area contributed by atoms with E-state index in [1.807, 2.05) is 50.5 Å². The zero-order valence-corrected chi connectivity index (χ0v) is 18.5. The molecule has 1 aliphatic heterocycles. The van der Waals surface area contributed by atoms with Crippen molar-refractivity contribution < 1.29 is 23.9 Å². The lowest BCUT2D eigenvalue weighted by Gasteiger charge is -2.34. The van der Waals surface area contributed by atoms with Crippen molar-refractivity contribution in [2.75, 3.05) is 33.8 Å². The lowest BCUT2D eigenvalue weighted by Crippen LogP contribution is -2.55. The third-order valence-corrected chi connectivity index (χ3v) is 6.88. The summed E-state index contributed by atoms with van der Waals surface area (Å²) in [6.07, 6.45) is 5.78. The number of aliphatic carboxylic acids is 1. The van der Waals surface area contributed by atoms with Gasteiger partial charge in [0.2, 0.25) is 0 Å². The minimum absolute atomic E-state index is 0.0850. The van der Waals surface area contributed by atoms with Gasteiger partial charge in [-0.05, 0) is 22.3 Å². The molecule has 0 radical (unpaired) electrons. The zero-order valence-electron chi connectivity index (χ0n) is 18.5. The number of alkyl carbamates (subject to hydrolysis) is 1. The number of quaternary nitrogens is 1. The number of likely N-dealkylation sites (tertiary alicyclic amines) is 1. The number of carbonyl (C=O) groups excluding carboxylic acids is 1. The Kier molecular flexibility index (Phi) is 5.70. The maximum absolute atomic E-state index is 12.7. The van der Waals surface area contributed by atoms with Gasteiger partial charge in [0, 0.05) is 18.8 Å². The molecule has 166 valence electrons. The van der Waals surface area contributed by atoms with E-state index in [0.29, 0.717) is 17.4 Å². The first-order valence-electron chi connectivity index (χ1n) is 10.9. The van der Waals surface area contributed by atoms with Crippen molar-refractivity contribution in [2.45, 2.75) is 24.8 Å². The van der Waals surface area contributed by atoms with E-state index in [9.17, 15) is 14.7 Å². The molecule has 2 aromatic rings. The van der Waals surface area contributed by atoms with Gasteiger partial charge in [-0.2, -0.15) is 0 Å². The first kappa shape index (κ1) is 21.9. The normalized spacial score (nSPS) is 21.8. The molecule has 2 aromatic carbocycles.